The first kappa shape index (κ1) is 23.9. The van der Waals surface area contributed by atoms with Gasteiger partial charge in [-0.3, -0.25) is 14.9 Å². The van der Waals surface area contributed by atoms with E-state index in [2.05, 4.69) is 10.6 Å². The van der Waals surface area contributed by atoms with Crippen LogP contribution in [-0.4, -0.2) is 47.4 Å². The second-order valence-electron chi connectivity index (χ2n) is 8.11. The molecule has 35 heavy (non-hydrogen) atoms. The van der Waals surface area contributed by atoms with Crippen LogP contribution >= 0.6 is 0 Å². The molecule has 4 rings (SSSR count). The van der Waals surface area contributed by atoms with Crippen molar-refractivity contribution in [3.05, 3.63) is 89.2 Å². The number of rotatable bonds is 8. The number of carboxylic acids is 1. The van der Waals surface area contributed by atoms with Gasteiger partial charge in [-0.05, 0) is 40.5 Å². The van der Waals surface area contributed by atoms with E-state index in [-0.39, 0.29) is 30.3 Å². The minimum Gasteiger partial charge on any atom is -0.481 e. The van der Waals surface area contributed by atoms with Gasteiger partial charge in [0.25, 0.3) is 5.91 Å². The van der Waals surface area contributed by atoms with E-state index in [9.17, 15) is 23.9 Å². The molecule has 0 fully saturated rings. The molecule has 3 aromatic rings. The van der Waals surface area contributed by atoms with Crippen molar-refractivity contribution in [1.82, 2.24) is 5.32 Å². The summed E-state index contributed by atoms with van der Waals surface area (Å²) in [6.45, 7) is -0.273. The minimum absolute atomic E-state index is 0.0931. The van der Waals surface area contributed by atoms with E-state index in [0.29, 0.717) is 0 Å². The van der Waals surface area contributed by atoms with Gasteiger partial charge in [-0.25, -0.2) is 9.18 Å². The molecule has 0 bridgehead atoms. The van der Waals surface area contributed by atoms with Gasteiger partial charge in [-0.15, -0.1) is 0 Å². The Morgan fingerprint density at radius 1 is 0.971 bits per heavy atom. The minimum atomic E-state index is -1.32. The van der Waals surface area contributed by atoms with Crippen LogP contribution in [0.4, 0.5) is 14.9 Å². The number of aliphatic carboxylic acids is 1. The maximum atomic E-state index is 14.2. The molecule has 1 aliphatic rings. The molecule has 8 nitrogen and oxygen atoms in total. The quantitative estimate of drug-likeness (QED) is 0.391. The summed E-state index contributed by atoms with van der Waals surface area (Å²) in [4.78, 5) is 35.3. The highest BCUT2D eigenvalue weighted by molar-refractivity contribution is 5.96. The maximum absolute atomic E-state index is 14.2. The van der Waals surface area contributed by atoms with Crippen LogP contribution in [0.3, 0.4) is 0 Å². The number of fused-ring (bicyclic) bond motifs is 3. The highest BCUT2D eigenvalue weighted by Gasteiger charge is 2.29. The topological polar surface area (TPSA) is 125 Å². The fourth-order valence-electron chi connectivity index (χ4n) is 4.11. The zero-order chi connectivity index (χ0) is 24.9. The maximum Gasteiger partial charge on any atom is 0.411 e. The van der Waals surface area contributed by atoms with Crippen LogP contribution in [0.2, 0.25) is 0 Å². The van der Waals surface area contributed by atoms with Gasteiger partial charge in [0.15, 0.2) is 0 Å². The molecular weight excluding hydrogens is 455 g/mol. The van der Waals surface area contributed by atoms with E-state index in [1.165, 1.54) is 6.07 Å². The van der Waals surface area contributed by atoms with Gasteiger partial charge >= 0.3 is 12.1 Å². The second-order valence-corrected chi connectivity index (χ2v) is 8.11. The fraction of sp³-hybridized carbons (Fsp3) is 0.192. The van der Waals surface area contributed by atoms with Gasteiger partial charge in [0.1, 0.15) is 12.4 Å². The summed E-state index contributed by atoms with van der Waals surface area (Å²) in [6, 6.07) is 19.3. The number of nitrogens with one attached hydrogen (secondary N) is 2. The molecule has 180 valence electrons. The molecule has 3 aromatic carbocycles. The number of anilines is 1. The summed E-state index contributed by atoms with van der Waals surface area (Å²) in [5.41, 5.74) is 4.09. The lowest BCUT2D eigenvalue weighted by Crippen LogP contribution is -2.33. The lowest BCUT2D eigenvalue weighted by atomic mass is 9.98. The smallest absolute Gasteiger partial charge is 0.411 e. The number of halogens is 1. The second kappa shape index (κ2) is 10.4. The third-order valence-electron chi connectivity index (χ3n) is 5.71. The van der Waals surface area contributed by atoms with E-state index >= 15 is 0 Å². The van der Waals surface area contributed by atoms with Crippen LogP contribution in [0.5, 0.6) is 0 Å². The Bertz CT molecular complexity index is 1230. The molecule has 0 aliphatic heterocycles. The fourth-order valence-corrected chi connectivity index (χ4v) is 4.11. The first-order valence-corrected chi connectivity index (χ1v) is 10.9. The van der Waals surface area contributed by atoms with Crippen molar-refractivity contribution in [2.45, 2.75) is 18.4 Å². The molecule has 1 aliphatic carbocycles. The number of aliphatic hydroxyl groups excluding tert-OH is 1. The number of ether oxygens (including phenoxy) is 1. The molecule has 0 spiro atoms. The monoisotopic (exact) mass is 478 g/mol. The van der Waals surface area contributed by atoms with Crippen molar-refractivity contribution in [2.75, 3.05) is 18.5 Å². The number of carbonyl (C=O) groups excluding carboxylic acids is 2. The van der Waals surface area contributed by atoms with Crippen molar-refractivity contribution < 1.29 is 33.7 Å². The number of amides is 2. The summed E-state index contributed by atoms with van der Waals surface area (Å²) < 4.78 is 19.6. The summed E-state index contributed by atoms with van der Waals surface area (Å²) in [7, 11) is 0. The molecule has 9 heteroatoms. The third kappa shape index (κ3) is 5.47. The Balaban J connectivity index is 1.38. The van der Waals surface area contributed by atoms with Crippen LogP contribution < -0.4 is 10.6 Å². The van der Waals surface area contributed by atoms with Gasteiger partial charge in [-0.1, -0.05) is 48.5 Å². The summed E-state index contributed by atoms with van der Waals surface area (Å²) >= 11 is 0. The normalized spacial score (nSPS) is 12.9. The van der Waals surface area contributed by atoms with Crippen LogP contribution in [0.1, 0.15) is 33.8 Å². The third-order valence-corrected chi connectivity index (χ3v) is 5.71. The molecule has 0 heterocycles. The molecule has 1 unspecified atom stereocenters. The SMILES string of the molecule is O=C(O)CC(O)CNC(=O)c1cc(NC(=O)OCC2c3ccccc3-c3ccccc32)ccc1F. The molecule has 0 saturated heterocycles. The largest absolute Gasteiger partial charge is 0.481 e. The standard InChI is InChI=1S/C26H23FN2O6/c27-23-10-9-15(11-21(23)25(33)28-13-16(30)12-24(31)32)29-26(34)35-14-22-19-7-3-1-5-17(19)18-6-2-4-8-20(18)22/h1-11,16,22,30H,12-14H2,(H,28,33)(H,29,34)(H,31,32). The average molecular weight is 478 g/mol. The zero-order valence-electron chi connectivity index (χ0n) is 18.5. The van der Waals surface area contributed by atoms with Gasteiger partial charge < -0.3 is 20.3 Å². The van der Waals surface area contributed by atoms with Gasteiger partial charge in [-0.2, -0.15) is 0 Å². The van der Waals surface area contributed by atoms with Crippen molar-refractivity contribution in [1.29, 1.82) is 0 Å². The molecule has 1 atom stereocenters. The van der Waals surface area contributed by atoms with Crippen LogP contribution in [0.25, 0.3) is 11.1 Å². The Labute approximate surface area is 200 Å². The van der Waals surface area contributed by atoms with E-state index in [1.807, 2.05) is 48.5 Å². The van der Waals surface area contributed by atoms with Gasteiger partial charge in [0, 0.05) is 18.2 Å². The van der Waals surface area contributed by atoms with E-state index < -0.39 is 36.3 Å². The Kier molecular flexibility index (Phi) is 7.07. The van der Waals surface area contributed by atoms with Crippen molar-refractivity contribution in [3.8, 4) is 11.1 Å². The number of carbonyl (C=O) groups is 3. The molecule has 2 amide bonds. The number of hydrogen-bond acceptors (Lipinski definition) is 5. The lowest BCUT2D eigenvalue weighted by molar-refractivity contribution is -0.139. The molecule has 4 N–H and O–H groups in total. The molecular formula is C26H23FN2O6. The Hall–Kier alpha value is -4.24. The van der Waals surface area contributed by atoms with Crippen LogP contribution in [-0.2, 0) is 9.53 Å². The molecule has 0 aromatic heterocycles. The van der Waals surface area contributed by atoms with Crippen molar-refractivity contribution in [3.63, 3.8) is 0 Å². The van der Waals surface area contributed by atoms with Crippen molar-refractivity contribution >= 4 is 23.7 Å². The van der Waals surface area contributed by atoms with Crippen LogP contribution in [0, 0.1) is 5.82 Å². The molecule has 0 radical (unpaired) electrons. The predicted octanol–water partition coefficient (Wildman–Crippen LogP) is 3.75. The first-order valence-electron chi connectivity index (χ1n) is 10.9. The summed E-state index contributed by atoms with van der Waals surface area (Å²) in [5.74, 6) is -3.05. The van der Waals surface area contributed by atoms with E-state index in [1.54, 1.807) is 0 Å². The Morgan fingerprint density at radius 3 is 2.23 bits per heavy atom. The summed E-state index contributed by atoms with van der Waals surface area (Å²) in [5, 5.41) is 23.0. The highest BCUT2D eigenvalue weighted by atomic mass is 19.1. The average Bonchev–Trinajstić information content (AvgIpc) is 3.16. The summed E-state index contributed by atoms with van der Waals surface area (Å²) in [6.07, 6.45) is -2.64. The van der Waals surface area contributed by atoms with E-state index in [4.69, 9.17) is 9.84 Å². The predicted molar refractivity (Wildman–Crippen MR) is 126 cm³/mol. The number of aliphatic hydroxyl groups is 1. The molecule has 0 saturated carbocycles. The highest BCUT2D eigenvalue weighted by Crippen LogP contribution is 2.44. The van der Waals surface area contributed by atoms with Crippen molar-refractivity contribution in [2.24, 2.45) is 0 Å². The first-order chi connectivity index (χ1) is 16.8. The lowest BCUT2D eigenvalue weighted by Gasteiger charge is -2.15. The number of carboxylic acid groups (broad SMARTS) is 1. The van der Waals surface area contributed by atoms with E-state index in [0.717, 1.165) is 34.4 Å². The van der Waals surface area contributed by atoms with Gasteiger partial charge in [0.05, 0.1) is 18.1 Å². The number of hydrogen-bond donors (Lipinski definition) is 4. The van der Waals surface area contributed by atoms with Crippen LogP contribution in [0.15, 0.2) is 66.7 Å². The zero-order valence-corrected chi connectivity index (χ0v) is 18.5. The van der Waals surface area contributed by atoms with Gasteiger partial charge in [0.2, 0.25) is 0 Å². The Morgan fingerprint density at radius 2 is 1.60 bits per heavy atom. The number of benzene rings is 3.